The monoisotopic (exact) mass is 239 g/mol. The van der Waals surface area contributed by atoms with Crippen molar-refractivity contribution in [3.05, 3.63) is 33.8 Å². The third-order valence-corrected chi connectivity index (χ3v) is 2.99. The number of halogens is 1. The molecule has 0 aromatic heterocycles. The predicted octanol–water partition coefficient (Wildman–Crippen LogP) is 2.75. The van der Waals surface area contributed by atoms with E-state index < -0.39 is 0 Å². The van der Waals surface area contributed by atoms with Gasteiger partial charge in [0.25, 0.3) is 0 Å². The number of benzene rings is 1. The second-order valence-corrected chi connectivity index (χ2v) is 3.84. The van der Waals surface area contributed by atoms with Gasteiger partial charge in [-0.05, 0) is 24.5 Å². The molecule has 0 aliphatic heterocycles. The van der Waals surface area contributed by atoms with Crippen LogP contribution in [0, 0.1) is 0 Å². The highest BCUT2D eigenvalue weighted by atomic mass is 79.9. The lowest BCUT2D eigenvalue weighted by molar-refractivity contribution is 0.213. The lowest BCUT2D eigenvalue weighted by atomic mass is 10.1. The molecule has 2 nitrogen and oxygen atoms in total. The Bertz CT molecular complexity index is 360. The summed E-state index contributed by atoms with van der Waals surface area (Å²) < 4.78 is 1.17. The van der Waals surface area contributed by atoms with Crippen molar-refractivity contribution in [1.82, 2.24) is 0 Å². The quantitative estimate of drug-likeness (QED) is 0.691. The van der Waals surface area contributed by atoms with Gasteiger partial charge in [-0.25, -0.2) is 0 Å². The van der Waals surface area contributed by atoms with Crippen LogP contribution in [0.3, 0.4) is 0 Å². The molecule has 0 fully saturated rings. The summed E-state index contributed by atoms with van der Waals surface area (Å²) in [5.41, 5.74) is 3.62. The smallest absolute Gasteiger partial charge is 0.106 e. The molecule has 0 amide bonds. The fraction of sp³-hybridized carbons (Fsp3) is 0.300. The number of fused-ring (bicyclic) bond motifs is 1. The van der Waals surface area contributed by atoms with Gasteiger partial charge in [-0.3, -0.25) is 0 Å². The molecule has 0 saturated carbocycles. The summed E-state index contributed by atoms with van der Waals surface area (Å²) in [6.45, 7) is 0. The van der Waals surface area contributed by atoms with Crippen molar-refractivity contribution in [2.45, 2.75) is 12.8 Å². The van der Waals surface area contributed by atoms with Crippen molar-refractivity contribution in [3.8, 4) is 0 Å². The largest absolute Gasteiger partial charge is 0.399 e. The van der Waals surface area contributed by atoms with Crippen molar-refractivity contribution in [2.24, 2.45) is 5.16 Å². The van der Waals surface area contributed by atoms with Crippen LogP contribution in [0.2, 0.25) is 0 Å². The Labute approximate surface area is 85.7 Å². The van der Waals surface area contributed by atoms with Crippen LogP contribution in [0.4, 0.5) is 0 Å². The Morgan fingerprint density at radius 1 is 1.38 bits per heavy atom. The molecule has 0 atom stereocenters. The molecule has 0 heterocycles. The highest BCUT2D eigenvalue weighted by Gasteiger charge is 2.19. The van der Waals surface area contributed by atoms with Crippen LogP contribution >= 0.6 is 15.9 Å². The maximum absolute atomic E-state index is 4.80. The van der Waals surface area contributed by atoms with Crippen LogP contribution in [0.15, 0.2) is 27.8 Å². The lowest BCUT2D eigenvalue weighted by Crippen LogP contribution is -1.94. The Balaban J connectivity index is 2.49. The summed E-state index contributed by atoms with van der Waals surface area (Å²) in [5.74, 6) is 0. The van der Waals surface area contributed by atoms with Crippen molar-refractivity contribution in [2.75, 3.05) is 7.11 Å². The number of nitrogens with zero attached hydrogens (tertiary/aromatic N) is 1. The van der Waals surface area contributed by atoms with Gasteiger partial charge in [0, 0.05) is 10.0 Å². The van der Waals surface area contributed by atoms with E-state index in [2.05, 4.69) is 33.2 Å². The van der Waals surface area contributed by atoms with E-state index >= 15 is 0 Å². The second kappa shape index (κ2) is 3.50. The number of hydrogen-bond acceptors (Lipinski definition) is 2. The van der Waals surface area contributed by atoms with E-state index in [1.807, 2.05) is 6.07 Å². The predicted molar refractivity (Wildman–Crippen MR) is 56.0 cm³/mol. The normalized spacial score (nSPS) is 17.5. The molecule has 1 aromatic carbocycles. The first-order chi connectivity index (χ1) is 6.33. The fourth-order valence-electron chi connectivity index (χ4n) is 1.67. The highest BCUT2D eigenvalue weighted by Crippen LogP contribution is 2.29. The molecular formula is C10H10BrNO. The van der Waals surface area contributed by atoms with Gasteiger partial charge >= 0.3 is 0 Å². The minimum absolute atomic E-state index is 0.978. The summed E-state index contributed by atoms with van der Waals surface area (Å²) in [4.78, 5) is 4.80. The van der Waals surface area contributed by atoms with E-state index in [-0.39, 0.29) is 0 Å². The average Bonchev–Trinajstić information content (AvgIpc) is 2.51. The van der Waals surface area contributed by atoms with E-state index in [0.717, 1.165) is 18.6 Å². The second-order valence-electron chi connectivity index (χ2n) is 2.99. The van der Waals surface area contributed by atoms with Gasteiger partial charge in [-0.1, -0.05) is 33.2 Å². The minimum atomic E-state index is 0.978. The molecule has 0 N–H and O–H groups in total. The maximum Gasteiger partial charge on any atom is 0.106 e. The molecular weight excluding hydrogens is 230 g/mol. The first kappa shape index (κ1) is 8.75. The standard InChI is InChI=1S/C10H10BrNO/c1-13-12-10-6-5-7-8(10)3-2-4-9(7)11/h2-4H,5-6H2,1H3/b12-10+. The zero-order chi connectivity index (χ0) is 9.26. The molecule has 0 radical (unpaired) electrons. The van der Waals surface area contributed by atoms with E-state index in [1.165, 1.54) is 15.6 Å². The number of oxime groups is 1. The Morgan fingerprint density at radius 3 is 3.00 bits per heavy atom. The molecule has 13 heavy (non-hydrogen) atoms. The number of hydrogen-bond donors (Lipinski definition) is 0. The number of rotatable bonds is 1. The Kier molecular flexibility index (Phi) is 2.36. The van der Waals surface area contributed by atoms with Crippen LogP contribution in [-0.4, -0.2) is 12.8 Å². The third-order valence-electron chi connectivity index (χ3n) is 2.24. The van der Waals surface area contributed by atoms with E-state index in [9.17, 15) is 0 Å². The third kappa shape index (κ3) is 1.48. The summed E-state index contributed by atoms with van der Waals surface area (Å²) in [6, 6.07) is 6.18. The van der Waals surface area contributed by atoms with Crippen molar-refractivity contribution >= 4 is 21.6 Å². The van der Waals surface area contributed by atoms with Gasteiger partial charge in [0.15, 0.2) is 0 Å². The van der Waals surface area contributed by atoms with Gasteiger partial charge in [0.1, 0.15) is 7.11 Å². The van der Waals surface area contributed by atoms with Gasteiger partial charge in [0.05, 0.1) is 5.71 Å². The van der Waals surface area contributed by atoms with Gasteiger partial charge in [0.2, 0.25) is 0 Å². The Morgan fingerprint density at radius 2 is 2.23 bits per heavy atom. The zero-order valence-electron chi connectivity index (χ0n) is 7.38. The minimum Gasteiger partial charge on any atom is -0.399 e. The van der Waals surface area contributed by atoms with Gasteiger partial charge in [-0.15, -0.1) is 0 Å². The Hall–Kier alpha value is -0.830. The van der Waals surface area contributed by atoms with Crippen molar-refractivity contribution in [3.63, 3.8) is 0 Å². The average molecular weight is 240 g/mol. The first-order valence-electron chi connectivity index (χ1n) is 4.20. The summed E-state index contributed by atoms with van der Waals surface area (Å²) >= 11 is 3.53. The molecule has 68 valence electrons. The van der Waals surface area contributed by atoms with Crippen molar-refractivity contribution in [1.29, 1.82) is 0 Å². The van der Waals surface area contributed by atoms with Crippen LogP contribution in [0.1, 0.15) is 17.5 Å². The lowest BCUT2D eigenvalue weighted by Gasteiger charge is -2.00. The molecule has 1 aromatic rings. The van der Waals surface area contributed by atoms with Crippen LogP contribution in [0.5, 0.6) is 0 Å². The fourth-order valence-corrected chi connectivity index (χ4v) is 2.23. The molecule has 0 saturated heterocycles. The van der Waals surface area contributed by atoms with Gasteiger partial charge < -0.3 is 4.84 Å². The summed E-state index contributed by atoms with van der Waals surface area (Å²) in [6.07, 6.45) is 2.03. The maximum atomic E-state index is 4.80. The molecule has 1 aliphatic rings. The molecule has 0 bridgehead atoms. The van der Waals surface area contributed by atoms with E-state index in [4.69, 9.17) is 4.84 Å². The van der Waals surface area contributed by atoms with E-state index in [0.29, 0.717) is 0 Å². The van der Waals surface area contributed by atoms with Crippen LogP contribution < -0.4 is 0 Å². The topological polar surface area (TPSA) is 21.6 Å². The summed E-state index contributed by atoms with van der Waals surface area (Å²) in [5, 5.41) is 4.00. The molecule has 3 heteroatoms. The highest BCUT2D eigenvalue weighted by molar-refractivity contribution is 9.10. The van der Waals surface area contributed by atoms with Crippen LogP contribution in [-0.2, 0) is 11.3 Å². The zero-order valence-corrected chi connectivity index (χ0v) is 8.97. The first-order valence-corrected chi connectivity index (χ1v) is 5.00. The molecule has 1 aliphatic carbocycles. The molecule has 0 unspecified atom stereocenters. The van der Waals surface area contributed by atoms with Crippen molar-refractivity contribution < 1.29 is 4.84 Å². The SMILES string of the molecule is CO/N=C1\CCc2c(Br)cccc21. The molecule has 0 spiro atoms. The van der Waals surface area contributed by atoms with E-state index in [1.54, 1.807) is 7.11 Å². The summed E-state index contributed by atoms with van der Waals surface area (Å²) in [7, 11) is 1.59. The van der Waals surface area contributed by atoms with Crippen LogP contribution in [0.25, 0.3) is 0 Å². The van der Waals surface area contributed by atoms with Gasteiger partial charge in [-0.2, -0.15) is 0 Å². The molecule has 2 rings (SSSR count).